The average molecular weight is 264 g/mol. The molecular weight excluding hydrogens is 244 g/mol. The number of carbonyl (C=O) groups excluding carboxylic acids is 1. The van der Waals surface area contributed by atoms with E-state index in [0.29, 0.717) is 12.8 Å². The van der Waals surface area contributed by atoms with Crippen LogP contribution in [-0.4, -0.2) is 30.3 Å². The van der Waals surface area contributed by atoms with Gasteiger partial charge in [-0.2, -0.15) is 8.42 Å². The van der Waals surface area contributed by atoms with Gasteiger partial charge in [0.25, 0.3) is 10.1 Å². The molecule has 1 aliphatic carbocycles. The molecule has 0 amide bonds. The van der Waals surface area contributed by atoms with Crippen molar-refractivity contribution in [3.05, 3.63) is 0 Å². The van der Waals surface area contributed by atoms with Gasteiger partial charge in [-0.05, 0) is 26.7 Å². The first-order valence-corrected chi connectivity index (χ1v) is 7.48. The predicted octanol–water partition coefficient (Wildman–Crippen LogP) is 1.77. The Bertz CT molecular complexity index is 354. The molecule has 0 aliphatic heterocycles. The second kappa shape index (κ2) is 5.93. The van der Waals surface area contributed by atoms with Crippen LogP contribution in [0.1, 0.15) is 46.0 Å². The lowest BCUT2D eigenvalue weighted by atomic mass is 9.86. The van der Waals surface area contributed by atoms with Crippen molar-refractivity contribution in [2.75, 3.05) is 0 Å². The lowest BCUT2D eigenvalue weighted by Crippen LogP contribution is -2.39. The van der Waals surface area contributed by atoms with Gasteiger partial charge in [0.05, 0.1) is 6.10 Å². The van der Waals surface area contributed by atoms with E-state index in [1.807, 2.05) is 0 Å². The third kappa shape index (κ3) is 4.37. The fourth-order valence-corrected chi connectivity index (χ4v) is 2.96. The van der Waals surface area contributed by atoms with E-state index in [0.717, 1.165) is 19.3 Å². The Kier molecular flexibility index (Phi) is 5.09. The first-order valence-electron chi connectivity index (χ1n) is 5.98. The molecule has 1 aliphatic rings. The van der Waals surface area contributed by atoms with Crippen molar-refractivity contribution in [3.8, 4) is 0 Å². The number of ether oxygens (including phenoxy) is 1. The van der Waals surface area contributed by atoms with Gasteiger partial charge in [0, 0.05) is 5.92 Å². The third-order valence-electron chi connectivity index (χ3n) is 2.91. The molecule has 0 bridgehead atoms. The van der Waals surface area contributed by atoms with Crippen LogP contribution in [0, 0.1) is 5.92 Å². The van der Waals surface area contributed by atoms with Crippen molar-refractivity contribution < 1.29 is 22.5 Å². The van der Waals surface area contributed by atoms with Gasteiger partial charge in [0.15, 0.2) is 5.78 Å². The minimum absolute atomic E-state index is 0.297. The molecule has 0 aromatic heterocycles. The lowest BCUT2D eigenvalue weighted by Gasteiger charge is -2.24. The van der Waals surface area contributed by atoms with Gasteiger partial charge in [0.2, 0.25) is 5.44 Å². The maximum absolute atomic E-state index is 12.0. The summed E-state index contributed by atoms with van der Waals surface area (Å²) < 4.78 is 36.4. The Morgan fingerprint density at radius 2 is 1.76 bits per heavy atom. The highest BCUT2D eigenvalue weighted by Crippen LogP contribution is 2.27. The van der Waals surface area contributed by atoms with Gasteiger partial charge < -0.3 is 4.74 Å². The monoisotopic (exact) mass is 264 g/mol. The van der Waals surface area contributed by atoms with Gasteiger partial charge in [-0.3, -0.25) is 9.35 Å². The van der Waals surface area contributed by atoms with Crippen LogP contribution in [0.5, 0.6) is 0 Å². The van der Waals surface area contributed by atoms with Gasteiger partial charge >= 0.3 is 0 Å². The molecule has 0 aromatic carbocycles. The molecule has 100 valence electrons. The maximum Gasteiger partial charge on any atom is 0.299 e. The molecule has 1 saturated carbocycles. The summed E-state index contributed by atoms with van der Waals surface area (Å²) in [6.07, 6.45) is 3.88. The number of hydrogen-bond acceptors (Lipinski definition) is 4. The van der Waals surface area contributed by atoms with Crippen molar-refractivity contribution in [2.24, 2.45) is 5.92 Å². The number of hydrogen-bond donors (Lipinski definition) is 1. The second-order valence-electron chi connectivity index (χ2n) is 4.77. The van der Waals surface area contributed by atoms with Gasteiger partial charge in [-0.1, -0.05) is 19.3 Å². The average Bonchev–Trinajstić information content (AvgIpc) is 2.24. The normalized spacial score (nSPS) is 20.5. The van der Waals surface area contributed by atoms with Crippen molar-refractivity contribution in [3.63, 3.8) is 0 Å². The number of Topliss-reactive ketones (excluding diaryl/α,β-unsaturated/α-hetero) is 1. The minimum atomic E-state index is -4.48. The molecule has 1 unspecified atom stereocenters. The number of rotatable bonds is 5. The van der Waals surface area contributed by atoms with Crippen LogP contribution in [0.2, 0.25) is 0 Å². The van der Waals surface area contributed by atoms with Crippen LogP contribution in [0.3, 0.4) is 0 Å². The summed E-state index contributed by atoms with van der Waals surface area (Å²) in [7, 11) is -4.48. The van der Waals surface area contributed by atoms with Crippen LogP contribution >= 0.6 is 0 Å². The molecule has 0 spiro atoms. The molecule has 1 rings (SSSR count). The minimum Gasteiger partial charge on any atom is -0.350 e. The SMILES string of the molecule is CC(C)OC(C(=O)C1CCCCC1)S(=O)(=O)O. The smallest absolute Gasteiger partial charge is 0.299 e. The quantitative estimate of drug-likeness (QED) is 0.765. The van der Waals surface area contributed by atoms with E-state index in [1.54, 1.807) is 13.8 Å². The summed E-state index contributed by atoms with van der Waals surface area (Å²) in [6.45, 7) is 3.26. The lowest BCUT2D eigenvalue weighted by molar-refractivity contribution is -0.132. The summed E-state index contributed by atoms with van der Waals surface area (Å²) in [5, 5.41) is 0. The molecule has 1 fully saturated rings. The standard InChI is InChI=1S/C11H20O5S/c1-8(2)16-11(17(13,14)15)10(12)9-6-4-3-5-7-9/h8-9,11H,3-7H2,1-2H3,(H,13,14,15). The Morgan fingerprint density at radius 3 is 2.18 bits per heavy atom. The summed E-state index contributed by atoms with van der Waals surface area (Å²) in [6, 6.07) is 0. The zero-order valence-electron chi connectivity index (χ0n) is 10.3. The highest BCUT2D eigenvalue weighted by atomic mass is 32.2. The van der Waals surface area contributed by atoms with Crippen LogP contribution in [0.15, 0.2) is 0 Å². The maximum atomic E-state index is 12.0. The van der Waals surface area contributed by atoms with E-state index in [-0.39, 0.29) is 5.92 Å². The fourth-order valence-electron chi connectivity index (χ4n) is 2.11. The number of ketones is 1. The summed E-state index contributed by atoms with van der Waals surface area (Å²) in [4.78, 5) is 12.0. The second-order valence-corrected chi connectivity index (χ2v) is 6.23. The van der Waals surface area contributed by atoms with E-state index in [9.17, 15) is 13.2 Å². The first-order chi connectivity index (χ1) is 7.82. The largest absolute Gasteiger partial charge is 0.350 e. The van der Waals surface area contributed by atoms with Crippen molar-refractivity contribution in [1.29, 1.82) is 0 Å². The number of carbonyl (C=O) groups is 1. The molecule has 0 saturated heterocycles. The fraction of sp³-hybridized carbons (Fsp3) is 0.909. The van der Waals surface area contributed by atoms with Crippen molar-refractivity contribution in [1.82, 2.24) is 0 Å². The first kappa shape index (κ1) is 14.6. The van der Waals surface area contributed by atoms with Crippen molar-refractivity contribution in [2.45, 2.75) is 57.5 Å². The van der Waals surface area contributed by atoms with Crippen LogP contribution < -0.4 is 0 Å². The van der Waals surface area contributed by atoms with E-state index in [2.05, 4.69) is 0 Å². The molecule has 17 heavy (non-hydrogen) atoms. The molecule has 5 nitrogen and oxygen atoms in total. The highest BCUT2D eigenvalue weighted by Gasteiger charge is 2.37. The molecular formula is C11H20O5S. The van der Waals surface area contributed by atoms with Crippen LogP contribution in [0.4, 0.5) is 0 Å². The molecule has 1 atom stereocenters. The Balaban J connectivity index is 2.78. The predicted molar refractivity (Wildman–Crippen MR) is 63.1 cm³/mol. The van der Waals surface area contributed by atoms with Gasteiger partial charge in [-0.15, -0.1) is 0 Å². The molecule has 0 heterocycles. The summed E-state index contributed by atoms with van der Waals surface area (Å²) in [5.41, 5.74) is -1.72. The van der Waals surface area contributed by atoms with Gasteiger partial charge in [0.1, 0.15) is 0 Å². The third-order valence-corrected chi connectivity index (χ3v) is 3.79. The zero-order valence-corrected chi connectivity index (χ0v) is 11.1. The van der Waals surface area contributed by atoms with Crippen LogP contribution in [0.25, 0.3) is 0 Å². The molecule has 0 radical (unpaired) electrons. The Morgan fingerprint density at radius 1 is 1.24 bits per heavy atom. The summed E-state index contributed by atoms with van der Waals surface area (Å²) in [5.74, 6) is -0.796. The van der Waals surface area contributed by atoms with E-state index < -0.39 is 27.4 Å². The molecule has 1 N–H and O–H groups in total. The van der Waals surface area contributed by atoms with E-state index in [4.69, 9.17) is 9.29 Å². The zero-order chi connectivity index (χ0) is 13.1. The highest BCUT2D eigenvalue weighted by molar-refractivity contribution is 7.87. The van der Waals surface area contributed by atoms with Crippen molar-refractivity contribution >= 4 is 15.9 Å². The van der Waals surface area contributed by atoms with E-state index in [1.165, 1.54) is 0 Å². The van der Waals surface area contributed by atoms with E-state index >= 15 is 0 Å². The Labute approximate surface area is 102 Å². The van der Waals surface area contributed by atoms with Gasteiger partial charge in [-0.25, -0.2) is 0 Å². The molecule has 0 aromatic rings. The Hall–Kier alpha value is -0.460. The summed E-state index contributed by atoms with van der Waals surface area (Å²) >= 11 is 0. The molecule has 6 heteroatoms. The topological polar surface area (TPSA) is 80.7 Å². The van der Waals surface area contributed by atoms with Crippen LogP contribution in [-0.2, 0) is 19.6 Å².